The number of Topliss-reactive ketones (excluding diaryl/α,β-unsaturated/α-hetero) is 1. The Morgan fingerprint density at radius 1 is 1.16 bits per heavy atom. The van der Waals surface area contributed by atoms with Crippen LogP contribution in [0.15, 0.2) is 70.9 Å². The summed E-state index contributed by atoms with van der Waals surface area (Å²) in [5, 5.41) is 11.6. The first-order chi connectivity index (χ1) is 14.9. The van der Waals surface area contributed by atoms with Crippen LogP contribution in [0, 0.1) is 6.92 Å². The van der Waals surface area contributed by atoms with E-state index in [0.717, 1.165) is 0 Å². The highest BCUT2D eigenvalue weighted by molar-refractivity contribution is 6.51. The molecule has 1 fully saturated rings. The van der Waals surface area contributed by atoms with Gasteiger partial charge in [0.2, 0.25) is 0 Å². The molecule has 2 aromatic carbocycles. The number of ether oxygens (including phenoxy) is 1. The van der Waals surface area contributed by atoms with Crippen LogP contribution >= 0.6 is 11.6 Å². The van der Waals surface area contributed by atoms with Crippen LogP contribution in [0.4, 0.5) is 5.69 Å². The molecule has 1 N–H and O–H groups in total. The third-order valence-electron chi connectivity index (χ3n) is 5.11. The van der Waals surface area contributed by atoms with Crippen molar-refractivity contribution in [1.29, 1.82) is 0 Å². The van der Waals surface area contributed by atoms with Crippen LogP contribution in [-0.4, -0.2) is 23.4 Å². The van der Waals surface area contributed by atoms with Gasteiger partial charge in [-0.05, 0) is 74.0 Å². The number of nitrogens with zero attached hydrogens (tertiary/aromatic N) is 1. The topological polar surface area (TPSA) is 80.0 Å². The van der Waals surface area contributed by atoms with Gasteiger partial charge in [-0.1, -0.05) is 11.6 Å². The third-order valence-corrected chi connectivity index (χ3v) is 5.35. The van der Waals surface area contributed by atoms with Crippen molar-refractivity contribution in [2.45, 2.75) is 19.9 Å². The van der Waals surface area contributed by atoms with Gasteiger partial charge < -0.3 is 14.3 Å². The van der Waals surface area contributed by atoms with E-state index in [0.29, 0.717) is 40.0 Å². The van der Waals surface area contributed by atoms with Crippen LogP contribution in [0.1, 0.15) is 29.9 Å². The maximum Gasteiger partial charge on any atom is 0.300 e. The highest BCUT2D eigenvalue weighted by Crippen LogP contribution is 2.43. The number of halogens is 1. The van der Waals surface area contributed by atoms with Gasteiger partial charge in [-0.25, -0.2) is 0 Å². The molecule has 0 saturated carbocycles. The first-order valence-corrected chi connectivity index (χ1v) is 10.1. The van der Waals surface area contributed by atoms with Gasteiger partial charge in [0.05, 0.1) is 18.4 Å². The van der Waals surface area contributed by atoms with Crippen molar-refractivity contribution in [3.05, 3.63) is 88.3 Å². The van der Waals surface area contributed by atoms with Gasteiger partial charge in [0, 0.05) is 16.3 Å². The highest BCUT2D eigenvalue weighted by Gasteiger charge is 2.48. The summed E-state index contributed by atoms with van der Waals surface area (Å²) in [7, 11) is 0. The molecule has 1 unspecified atom stereocenters. The number of aryl methyl sites for hydroxylation is 1. The lowest BCUT2D eigenvalue weighted by atomic mass is 9.99. The lowest BCUT2D eigenvalue weighted by molar-refractivity contribution is -0.132. The van der Waals surface area contributed by atoms with Gasteiger partial charge in [0.1, 0.15) is 23.3 Å². The number of amides is 1. The maximum atomic E-state index is 13.1. The average molecular weight is 438 g/mol. The minimum Gasteiger partial charge on any atom is -0.507 e. The number of benzene rings is 2. The number of aliphatic hydroxyl groups is 1. The molecule has 0 radical (unpaired) electrons. The lowest BCUT2D eigenvalue weighted by Gasteiger charge is -2.25. The Bertz CT molecular complexity index is 1170. The quantitative estimate of drug-likeness (QED) is 0.334. The maximum absolute atomic E-state index is 13.1. The molecule has 6 nitrogen and oxygen atoms in total. The molecule has 1 aliphatic heterocycles. The molecule has 3 aromatic rings. The standard InChI is InChI=1S/C24H20ClNO5/c1-3-30-17-9-6-15(7-10-17)22(27)20-21(19-5-4-12-31-19)26(24(29)23(20)28)18-11-8-16(25)13-14(18)2/h4-13,21,27H,3H2,1-2H3/b22-20-. The summed E-state index contributed by atoms with van der Waals surface area (Å²) >= 11 is 6.07. The molecule has 0 spiro atoms. The zero-order valence-electron chi connectivity index (χ0n) is 17.0. The number of carbonyl (C=O) groups excluding carboxylic acids is 2. The van der Waals surface area contributed by atoms with Crippen molar-refractivity contribution < 1.29 is 23.8 Å². The Morgan fingerprint density at radius 2 is 1.90 bits per heavy atom. The van der Waals surface area contributed by atoms with Crippen LogP contribution in [0.3, 0.4) is 0 Å². The van der Waals surface area contributed by atoms with E-state index in [1.807, 2.05) is 6.92 Å². The monoisotopic (exact) mass is 437 g/mol. The van der Waals surface area contributed by atoms with Gasteiger partial charge in [0.15, 0.2) is 0 Å². The number of ketones is 1. The highest BCUT2D eigenvalue weighted by atomic mass is 35.5. The summed E-state index contributed by atoms with van der Waals surface area (Å²) < 4.78 is 11.0. The van der Waals surface area contributed by atoms with Crippen LogP contribution < -0.4 is 9.64 Å². The molecular weight excluding hydrogens is 418 g/mol. The minimum atomic E-state index is -0.915. The normalized spacial score (nSPS) is 17.9. The van der Waals surface area contributed by atoms with Gasteiger partial charge in [0.25, 0.3) is 11.7 Å². The fourth-order valence-electron chi connectivity index (χ4n) is 3.72. The SMILES string of the molecule is CCOc1ccc(/C(O)=C2/C(=O)C(=O)N(c3ccc(Cl)cc3C)C2c2ccco2)cc1. The molecule has 1 aromatic heterocycles. The van der Waals surface area contributed by atoms with Crippen molar-refractivity contribution in [3.8, 4) is 5.75 Å². The Kier molecular flexibility index (Phi) is 5.57. The number of hydrogen-bond donors (Lipinski definition) is 1. The first kappa shape index (κ1) is 20.8. The van der Waals surface area contributed by atoms with Crippen molar-refractivity contribution in [3.63, 3.8) is 0 Å². The molecule has 7 heteroatoms. The second-order valence-corrected chi connectivity index (χ2v) is 7.51. The molecule has 0 bridgehead atoms. The van der Waals surface area contributed by atoms with Crippen LogP contribution in [0.5, 0.6) is 5.75 Å². The molecule has 1 aliphatic rings. The fraction of sp³-hybridized carbons (Fsp3) is 0.167. The molecular formula is C24H20ClNO5. The molecule has 1 saturated heterocycles. The van der Waals surface area contributed by atoms with Gasteiger partial charge in [-0.15, -0.1) is 0 Å². The van der Waals surface area contributed by atoms with Crippen molar-refractivity contribution >= 4 is 34.7 Å². The molecule has 2 heterocycles. The van der Waals surface area contributed by atoms with Gasteiger partial charge >= 0.3 is 0 Å². The third kappa shape index (κ3) is 3.70. The summed E-state index contributed by atoms with van der Waals surface area (Å²) in [6, 6.07) is 14.1. The van der Waals surface area contributed by atoms with Gasteiger partial charge in [-0.3, -0.25) is 14.5 Å². The number of rotatable bonds is 5. The van der Waals surface area contributed by atoms with E-state index in [4.69, 9.17) is 20.8 Å². The minimum absolute atomic E-state index is 0.0431. The van der Waals surface area contributed by atoms with E-state index in [2.05, 4.69) is 0 Å². The summed E-state index contributed by atoms with van der Waals surface area (Å²) in [4.78, 5) is 27.5. The van der Waals surface area contributed by atoms with E-state index in [9.17, 15) is 14.7 Å². The summed E-state index contributed by atoms with van der Waals surface area (Å²) in [6.45, 7) is 4.18. The Hall–Kier alpha value is -3.51. The van der Waals surface area contributed by atoms with Crippen LogP contribution in [-0.2, 0) is 9.59 Å². The van der Waals surface area contributed by atoms with Crippen LogP contribution in [0.2, 0.25) is 5.02 Å². The summed E-state index contributed by atoms with van der Waals surface area (Å²) in [5.41, 5.74) is 1.58. The molecule has 31 heavy (non-hydrogen) atoms. The van der Waals surface area contributed by atoms with Crippen molar-refractivity contribution in [1.82, 2.24) is 0 Å². The largest absolute Gasteiger partial charge is 0.507 e. The molecule has 158 valence electrons. The van der Waals surface area contributed by atoms with E-state index in [1.165, 1.54) is 11.2 Å². The second kappa shape index (κ2) is 8.32. The number of furan rings is 1. The lowest BCUT2D eigenvalue weighted by Crippen LogP contribution is -2.29. The van der Waals surface area contributed by atoms with Crippen LogP contribution in [0.25, 0.3) is 5.76 Å². The number of hydrogen-bond acceptors (Lipinski definition) is 5. The second-order valence-electron chi connectivity index (χ2n) is 7.07. The molecule has 1 amide bonds. The summed E-state index contributed by atoms with van der Waals surface area (Å²) in [6.07, 6.45) is 1.46. The average Bonchev–Trinajstić information content (AvgIpc) is 3.36. The number of aliphatic hydroxyl groups excluding tert-OH is 1. The predicted octanol–water partition coefficient (Wildman–Crippen LogP) is 5.27. The Balaban J connectivity index is 1.87. The predicted molar refractivity (Wildman–Crippen MR) is 117 cm³/mol. The first-order valence-electron chi connectivity index (χ1n) is 9.76. The van der Waals surface area contributed by atoms with Crippen molar-refractivity contribution in [2.24, 2.45) is 0 Å². The Labute approximate surface area is 184 Å². The van der Waals surface area contributed by atoms with Crippen molar-refractivity contribution in [2.75, 3.05) is 11.5 Å². The zero-order chi connectivity index (χ0) is 22.1. The molecule has 4 rings (SSSR count). The fourth-order valence-corrected chi connectivity index (χ4v) is 3.94. The van der Waals surface area contributed by atoms with E-state index < -0.39 is 17.7 Å². The zero-order valence-corrected chi connectivity index (χ0v) is 17.7. The number of anilines is 1. The molecule has 1 atom stereocenters. The van der Waals surface area contributed by atoms with E-state index >= 15 is 0 Å². The Morgan fingerprint density at radius 3 is 2.52 bits per heavy atom. The summed E-state index contributed by atoms with van der Waals surface area (Å²) in [5.74, 6) is -0.821. The number of carbonyl (C=O) groups is 2. The van der Waals surface area contributed by atoms with E-state index in [-0.39, 0.29) is 11.3 Å². The van der Waals surface area contributed by atoms with Gasteiger partial charge in [-0.2, -0.15) is 0 Å². The smallest absolute Gasteiger partial charge is 0.300 e. The van der Waals surface area contributed by atoms with E-state index in [1.54, 1.807) is 61.5 Å². The molecule has 0 aliphatic carbocycles.